The highest BCUT2D eigenvalue weighted by Gasteiger charge is 2.43. The fraction of sp³-hybridized carbons (Fsp3) is 0.308. The van der Waals surface area contributed by atoms with E-state index in [-0.39, 0.29) is 24.1 Å². The summed E-state index contributed by atoms with van der Waals surface area (Å²) in [7, 11) is 0. The van der Waals surface area contributed by atoms with Gasteiger partial charge in [-0.25, -0.2) is 0 Å². The molecule has 0 radical (unpaired) electrons. The molecule has 1 spiro atoms. The molecule has 32 heavy (non-hydrogen) atoms. The van der Waals surface area contributed by atoms with Crippen molar-refractivity contribution < 1.29 is 9.53 Å². The van der Waals surface area contributed by atoms with Crippen molar-refractivity contribution in [3.05, 3.63) is 100 Å². The van der Waals surface area contributed by atoms with Gasteiger partial charge in [-0.1, -0.05) is 54.1 Å². The number of pyridine rings is 1. The minimum Gasteiger partial charge on any atom is -0.365 e. The lowest BCUT2D eigenvalue weighted by Gasteiger charge is -2.39. The maximum Gasteiger partial charge on any atom is 0.236 e. The van der Waals surface area contributed by atoms with Gasteiger partial charge in [-0.2, -0.15) is 0 Å². The number of nitrogens with one attached hydrogen (secondary N) is 1. The number of rotatable bonds is 5. The van der Waals surface area contributed by atoms with E-state index in [1.165, 1.54) is 11.1 Å². The fourth-order valence-corrected chi connectivity index (χ4v) is 4.97. The predicted molar refractivity (Wildman–Crippen MR) is 124 cm³/mol. The lowest BCUT2D eigenvalue weighted by Crippen LogP contribution is -2.48. The maximum absolute atomic E-state index is 13.1. The van der Waals surface area contributed by atoms with Crippen molar-refractivity contribution in [1.82, 2.24) is 15.2 Å². The van der Waals surface area contributed by atoms with Gasteiger partial charge in [0.05, 0.1) is 24.8 Å². The van der Waals surface area contributed by atoms with Crippen LogP contribution in [0, 0.1) is 0 Å². The summed E-state index contributed by atoms with van der Waals surface area (Å²) < 4.78 is 6.23. The normalized spacial score (nSPS) is 17.8. The highest BCUT2D eigenvalue weighted by atomic mass is 35.5. The largest absolute Gasteiger partial charge is 0.365 e. The topological polar surface area (TPSA) is 54.5 Å². The van der Waals surface area contributed by atoms with E-state index in [1.54, 1.807) is 6.20 Å². The van der Waals surface area contributed by atoms with Gasteiger partial charge in [0.15, 0.2) is 0 Å². The van der Waals surface area contributed by atoms with Crippen molar-refractivity contribution in [1.29, 1.82) is 0 Å². The molecule has 3 aromatic rings. The molecule has 1 fully saturated rings. The van der Waals surface area contributed by atoms with E-state index < -0.39 is 0 Å². The van der Waals surface area contributed by atoms with Crippen LogP contribution in [0.15, 0.2) is 73.1 Å². The van der Waals surface area contributed by atoms with Gasteiger partial charge < -0.3 is 9.64 Å². The molecule has 1 saturated heterocycles. The van der Waals surface area contributed by atoms with Crippen LogP contribution < -0.4 is 5.32 Å². The first kappa shape index (κ1) is 21.1. The second-order valence-electron chi connectivity index (χ2n) is 8.47. The molecule has 3 heterocycles. The van der Waals surface area contributed by atoms with Gasteiger partial charge in [-0.05, 0) is 53.3 Å². The Morgan fingerprint density at radius 1 is 1.06 bits per heavy atom. The van der Waals surface area contributed by atoms with E-state index in [0.29, 0.717) is 24.7 Å². The molecular weight excluding hydrogens is 422 g/mol. The minimum absolute atomic E-state index is 0.106. The molecule has 2 aliphatic heterocycles. The van der Waals surface area contributed by atoms with Crippen LogP contribution in [-0.4, -0.2) is 35.4 Å². The summed E-state index contributed by atoms with van der Waals surface area (Å²) in [5.41, 5.74) is 4.39. The first-order valence-electron chi connectivity index (χ1n) is 11.0. The Kier molecular flexibility index (Phi) is 5.96. The second kappa shape index (κ2) is 9.02. The zero-order valence-electron chi connectivity index (χ0n) is 17.8. The molecule has 2 aliphatic rings. The molecule has 0 saturated carbocycles. The van der Waals surface area contributed by atoms with Gasteiger partial charge in [0.2, 0.25) is 5.91 Å². The summed E-state index contributed by atoms with van der Waals surface area (Å²) in [6, 6.07) is 19.9. The number of amides is 1. The van der Waals surface area contributed by atoms with Gasteiger partial charge in [-0.3, -0.25) is 15.1 Å². The average Bonchev–Trinajstić information content (AvgIpc) is 3.19. The molecule has 1 amide bonds. The summed E-state index contributed by atoms with van der Waals surface area (Å²) >= 11 is 6.07. The summed E-state index contributed by atoms with van der Waals surface area (Å²) in [5.74, 6) is 0.106. The standard InChI is InChI=1S/C26H26ClN3O2/c27-22-9-7-19(8-10-22)25(20-5-3-13-28-16-20)29-17-24(31)30-14-11-26(12-15-30)23-6-2-1-4-21(23)18-32-26/h1-10,13,16,25,29H,11-12,14-15,17-18H2. The number of halogens is 1. The molecule has 1 unspecified atom stereocenters. The Balaban J connectivity index is 1.24. The Morgan fingerprint density at radius 2 is 1.84 bits per heavy atom. The quantitative estimate of drug-likeness (QED) is 0.627. The highest BCUT2D eigenvalue weighted by Crippen LogP contribution is 2.43. The van der Waals surface area contributed by atoms with Gasteiger partial charge in [0, 0.05) is 30.5 Å². The van der Waals surface area contributed by atoms with E-state index in [1.807, 2.05) is 47.5 Å². The molecule has 1 atom stereocenters. The number of nitrogens with zero attached hydrogens (tertiary/aromatic N) is 2. The zero-order chi connectivity index (χ0) is 22.0. The third-order valence-electron chi connectivity index (χ3n) is 6.61. The monoisotopic (exact) mass is 447 g/mol. The summed E-state index contributed by atoms with van der Waals surface area (Å²) in [4.78, 5) is 19.3. The fourth-order valence-electron chi connectivity index (χ4n) is 4.85. The van der Waals surface area contributed by atoms with Crippen molar-refractivity contribution in [3.8, 4) is 0 Å². The number of aromatic nitrogens is 1. The van der Waals surface area contributed by atoms with Crippen molar-refractivity contribution in [2.24, 2.45) is 0 Å². The lowest BCUT2D eigenvalue weighted by molar-refractivity contribution is -0.137. The van der Waals surface area contributed by atoms with Gasteiger partial charge in [0.1, 0.15) is 0 Å². The van der Waals surface area contributed by atoms with Crippen LogP contribution in [0.1, 0.15) is 41.1 Å². The van der Waals surface area contributed by atoms with Crippen LogP contribution in [0.3, 0.4) is 0 Å². The molecule has 6 heteroatoms. The molecule has 1 N–H and O–H groups in total. The van der Waals surface area contributed by atoms with Crippen LogP contribution in [0.4, 0.5) is 0 Å². The van der Waals surface area contributed by atoms with Crippen LogP contribution in [-0.2, 0) is 21.7 Å². The first-order chi connectivity index (χ1) is 15.6. The van der Waals surface area contributed by atoms with Crippen LogP contribution in [0.25, 0.3) is 0 Å². The third kappa shape index (κ3) is 4.16. The molecule has 164 valence electrons. The smallest absolute Gasteiger partial charge is 0.236 e. The lowest BCUT2D eigenvalue weighted by atomic mass is 9.84. The average molecular weight is 448 g/mol. The van der Waals surface area contributed by atoms with Crippen molar-refractivity contribution in [3.63, 3.8) is 0 Å². The molecule has 1 aromatic heterocycles. The van der Waals surface area contributed by atoms with E-state index in [9.17, 15) is 4.79 Å². The molecule has 5 nitrogen and oxygen atoms in total. The van der Waals surface area contributed by atoms with Crippen LogP contribution >= 0.6 is 11.6 Å². The SMILES string of the molecule is O=C(CNC(c1ccc(Cl)cc1)c1cccnc1)N1CCC2(CC1)OCc1ccccc12. The zero-order valence-corrected chi connectivity index (χ0v) is 18.6. The number of piperidine rings is 1. The van der Waals surface area contributed by atoms with Crippen LogP contribution in [0.5, 0.6) is 0 Å². The van der Waals surface area contributed by atoms with Gasteiger partial charge in [0.25, 0.3) is 0 Å². The van der Waals surface area contributed by atoms with E-state index in [4.69, 9.17) is 16.3 Å². The van der Waals surface area contributed by atoms with Crippen molar-refractivity contribution in [2.75, 3.05) is 19.6 Å². The van der Waals surface area contributed by atoms with Crippen molar-refractivity contribution >= 4 is 17.5 Å². The summed E-state index contributed by atoms with van der Waals surface area (Å²) in [5, 5.41) is 4.13. The number of hydrogen-bond acceptors (Lipinski definition) is 4. The van der Waals surface area contributed by atoms with Crippen LogP contribution in [0.2, 0.25) is 5.02 Å². The Bertz CT molecular complexity index is 1080. The molecule has 5 rings (SSSR count). The highest BCUT2D eigenvalue weighted by molar-refractivity contribution is 6.30. The number of carbonyl (C=O) groups excluding carboxylic acids is 1. The number of fused-ring (bicyclic) bond motifs is 2. The Hall–Kier alpha value is -2.73. The predicted octanol–water partition coefficient (Wildman–Crippen LogP) is 4.46. The van der Waals surface area contributed by atoms with E-state index in [2.05, 4.69) is 34.6 Å². The van der Waals surface area contributed by atoms with Crippen molar-refractivity contribution in [2.45, 2.75) is 31.1 Å². The second-order valence-corrected chi connectivity index (χ2v) is 8.91. The molecule has 0 aliphatic carbocycles. The minimum atomic E-state index is -0.234. The number of likely N-dealkylation sites (tertiary alicyclic amines) is 1. The number of carbonyl (C=O) groups is 1. The number of hydrogen-bond donors (Lipinski definition) is 1. The van der Waals surface area contributed by atoms with E-state index >= 15 is 0 Å². The molecular formula is C26H26ClN3O2. The number of ether oxygens (including phenoxy) is 1. The van der Waals surface area contributed by atoms with Gasteiger partial charge >= 0.3 is 0 Å². The summed E-state index contributed by atoms with van der Waals surface area (Å²) in [6.45, 7) is 2.33. The third-order valence-corrected chi connectivity index (χ3v) is 6.87. The first-order valence-corrected chi connectivity index (χ1v) is 11.4. The maximum atomic E-state index is 13.1. The number of benzene rings is 2. The Morgan fingerprint density at radius 3 is 2.59 bits per heavy atom. The summed E-state index contributed by atoms with van der Waals surface area (Å²) in [6.07, 6.45) is 5.24. The van der Waals surface area contributed by atoms with Gasteiger partial charge in [-0.15, -0.1) is 0 Å². The molecule has 0 bridgehead atoms. The molecule has 2 aromatic carbocycles. The van der Waals surface area contributed by atoms with E-state index in [0.717, 1.165) is 24.0 Å². The Labute approximate surface area is 193 Å².